The Morgan fingerprint density at radius 3 is 2.47 bits per heavy atom. The Hall–Kier alpha value is -3.04. The number of hydrogen-bond acceptors (Lipinski definition) is 5. The monoisotopic (exact) mass is 427 g/mol. The number of carbonyl (C=O) groups is 1. The first-order chi connectivity index (χ1) is 14.1. The second kappa shape index (κ2) is 8.37. The number of carbonyl (C=O) groups excluding carboxylic acids is 1. The number of aromatic nitrogens is 3. The average molecular weight is 428 g/mol. The van der Waals surface area contributed by atoms with E-state index in [2.05, 4.69) is 15.3 Å². The summed E-state index contributed by atoms with van der Waals surface area (Å²) in [5.74, 6) is 1.18. The second-order valence-electron chi connectivity index (χ2n) is 7.25. The zero-order valence-electron chi connectivity index (χ0n) is 17.7. The lowest BCUT2D eigenvalue weighted by Crippen LogP contribution is -2.26. The molecule has 1 aromatic carbocycles. The van der Waals surface area contributed by atoms with Crippen molar-refractivity contribution in [3.05, 3.63) is 70.9 Å². The number of aryl methyl sites for hydroxylation is 2. The molecular formula is C21H25N5O3S. The predicted octanol–water partition coefficient (Wildman–Crippen LogP) is 2.37. The van der Waals surface area contributed by atoms with Gasteiger partial charge in [0.15, 0.2) is 0 Å². The van der Waals surface area contributed by atoms with Crippen LogP contribution >= 0.6 is 0 Å². The van der Waals surface area contributed by atoms with Gasteiger partial charge in [-0.3, -0.25) is 9.36 Å². The van der Waals surface area contributed by atoms with Crippen LogP contribution in [0.5, 0.6) is 0 Å². The third kappa shape index (κ3) is 4.27. The molecule has 0 aliphatic heterocycles. The van der Waals surface area contributed by atoms with E-state index in [1.54, 1.807) is 32.3 Å². The van der Waals surface area contributed by atoms with Crippen LogP contribution < -0.4 is 5.32 Å². The van der Waals surface area contributed by atoms with Crippen molar-refractivity contribution in [3.63, 3.8) is 0 Å². The molecule has 8 nitrogen and oxygen atoms in total. The van der Waals surface area contributed by atoms with Crippen LogP contribution in [-0.2, 0) is 16.6 Å². The minimum absolute atomic E-state index is 0.138. The molecule has 2 heterocycles. The molecule has 0 radical (unpaired) electrons. The van der Waals surface area contributed by atoms with E-state index in [0.29, 0.717) is 16.9 Å². The molecule has 0 spiro atoms. The highest BCUT2D eigenvalue weighted by atomic mass is 32.2. The van der Waals surface area contributed by atoms with Gasteiger partial charge >= 0.3 is 0 Å². The number of benzene rings is 1. The molecule has 0 aliphatic carbocycles. The fraction of sp³-hybridized carbons (Fsp3) is 0.286. The maximum Gasteiger partial charge on any atom is 0.251 e. The first-order valence-electron chi connectivity index (χ1n) is 9.38. The van der Waals surface area contributed by atoms with Gasteiger partial charge in [-0.25, -0.2) is 22.7 Å². The average Bonchev–Trinajstić information content (AvgIpc) is 3.14. The largest absolute Gasteiger partial charge is 0.348 e. The molecule has 0 saturated carbocycles. The Morgan fingerprint density at radius 1 is 1.10 bits per heavy atom. The Labute approximate surface area is 176 Å². The van der Waals surface area contributed by atoms with Gasteiger partial charge in [-0.15, -0.1) is 0 Å². The smallest absolute Gasteiger partial charge is 0.251 e. The molecule has 0 bridgehead atoms. The zero-order valence-corrected chi connectivity index (χ0v) is 18.5. The number of pyridine rings is 1. The van der Waals surface area contributed by atoms with E-state index in [0.717, 1.165) is 21.3 Å². The quantitative estimate of drug-likeness (QED) is 0.651. The Bertz CT molecular complexity index is 1200. The lowest BCUT2D eigenvalue weighted by Gasteiger charge is -2.16. The summed E-state index contributed by atoms with van der Waals surface area (Å²) >= 11 is 0. The molecule has 0 saturated heterocycles. The molecule has 3 rings (SSSR count). The van der Waals surface area contributed by atoms with Crippen LogP contribution in [0.1, 0.15) is 32.9 Å². The van der Waals surface area contributed by atoms with Crippen molar-refractivity contribution in [2.75, 3.05) is 14.1 Å². The van der Waals surface area contributed by atoms with E-state index in [4.69, 9.17) is 0 Å². The van der Waals surface area contributed by atoms with Crippen LogP contribution in [0.2, 0.25) is 0 Å². The third-order valence-corrected chi connectivity index (χ3v) is 6.92. The van der Waals surface area contributed by atoms with E-state index in [-0.39, 0.29) is 17.3 Å². The molecule has 3 aromatic rings. The molecular weight excluding hydrogens is 402 g/mol. The molecule has 0 fully saturated rings. The summed E-state index contributed by atoms with van der Waals surface area (Å²) in [4.78, 5) is 21.4. The van der Waals surface area contributed by atoms with Crippen molar-refractivity contribution in [1.29, 1.82) is 0 Å². The number of sulfonamides is 1. The van der Waals surface area contributed by atoms with E-state index >= 15 is 0 Å². The van der Waals surface area contributed by atoms with Crippen molar-refractivity contribution in [3.8, 4) is 5.82 Å². The van der Waals surface area contributed by atoms with Crippen molar-refractivity contribution >= 4 is 15.9 Å². The van der Waals surface area contributed by atoms with Gasteiger partial charge in [-0.1, -0.05) is 0 Å². The SMILES string of the molecule is Cc1cc(C(=O)NCc2ccnc(-n3ccnc3C)c2)cc(S(=O)(=O)N(C)C)c1C. The minimum Gasteiger partial charge on any atom is -0.348 e. The minimum atomic E-state index is -3.65. The van der Waals surface area contributed by atoms with Crippen LogP contribution in [0, 0.1) is 20.8 Å². The van der Waals surface area contributed by atoms with Crippen LogP contribution in [0.4, 0.5) is 0 Å². The normalized spacial score (nSPS) is 11.7. The molecule has 30 heavy (non-hydrogen) atoms. The van der Waals surface area contributed by atoms with Gasteiger partial charge in [0.2, 0.25) is 10.0 Å². The van der Waals surface area contributed by atoms with Gasteiger partial charge in [-0.2, -0.15) is 0 Å². The standard InChI is InChI=1S/C21H25N5O3S/c1-14-10-18(12-19(15(14)2)30(28,29)25(4)5)21(27)24-13-17-6-7-23-20(11-17)26-9-8-22-16(26)3/h6-12H,13H2,1-5H3,(H,24,27). The number of hydrogen-bond donors (Lipinski definition) is 1. The summed E-state index contributed by atoms with van der Waals surface area (Å²) in [6.07, 6.45) is 5.19. The van der Waals surface area contributed by atoms with Gasteiger partial charge in [0.05, 0.1) is 4.90 Å². The van der Waals surface area contributed by atoms with Gasteiger partial charge in [0.25, 0.3) is 5.91 Å². The van der Waals surface area contributed by atoms with Gasteiger partial charge < -0.3 is 5.32 Å². The van der Waals surface area contributed by atoms with E-state index in [9.17, 15) is 13.2 Å². The van der Waals surface area contributed by atoms with E-state index in [1.165, 1.54) is 20.2 Å². The number of nitrogens with one attached hydrogen (secondary N) is 1. The van der Waals surface area contributed by atoms with Crippen LogP contribution in [0.3, 0.4) is 0 Å². The van der Waals surface area contributed by atoms with Gasteiger partial charge in [0.1, 0.15) is 11.6 Å². The lowest BCUT2D eigenvalue weighted by molar-refractivity contribution is 0.0950. The van der Waals surface area contributed by atoms with Gasteiger partial charge in [-0.05, 0) is 61.7 Å². The molecule has 1 amide bonds. The molecule has 158 valence electrons. The summed E-state index contributed by atoms with van der Waals surface area (Å²) in [6.45, 7) is 5.70. The molecule has 9 heteroatoms. The molecule has 0 atom stereocenters. The highest BCUT2D eigenvalue weighted by Crippen LogP contribution is 2.23. The topological polar surface area (TPSA) is 97.2 Å². The van der Waals surface area contributed by atoms with Crippen molar-refractivity contribution in [1.82, 2.24) is 24.2 Å². The molecule has 2 aromatic heterocycles. The highest BCUT2D eigenvalue weighted by molar-refractivity contribution is 7.89. The maximum atomic E-state index is 12.7. The van der Waals surface area contributed by atoms with Crippen molar-refractivity contribution in [2.24, 2.45) is 0 Å². The highest BCUT2D eigenvalue weighted by Gasteiger charge is 2.23. The summed E-state index contributed by atoms with van der Waals surface area (Å²) in [5, 5.41) is 2.86. The Kier molecular flexibility index (Phi) is 6.04. The van der Waals surface area contributed by atoms with Crippen LogP contribution in [0.15, 0.2) is 47.8 Å². The Balaban J connectivity index is 1.82. The van der Waals surface area contributed by atoms with Crippen LogP contribution in [0.25, 0.3) is 5.82 Å². The van der Waals surface area contributed by atoms with Crippen LogP contribution in [-0.4, -0.2) is 47.3 Å². The fourth-order valence-corrected chi connectivity index (χ4v) is 4.25. The van der Waals surface area contributed by atoms with Crippen molar-refractivity contribution in [2.45, 2.75) is 32.2 Å². The Morgan fingerprint density at radius 2 is 1.83 bits per heavy atom. The number of amides is 1. The number of imidazole rings is 1. The summed E-state index contributed by atoms with van der Waals surface area (Å²) < 4.78 is 28.2. The fourth-order valence-electron chi connectivity index (χ4n) is 3.03. The first kappa shape index (κ1) is 21.7. The zero-order chi connectivity index (χ0) is 22.1. The second-order valence-corrected chi connectivity index (χ2v) is 9.37. The molecule has 0 aliphatic rings. The summed E-state index contributed by atoms with van der Waals surface area (Å²) in [7, 11) is -0.707. The number of nitrogens with zero attached hydrogens (tertiary/aromatic N) is 4. The van der Waals surface area contributed by atoms with Crippen molar-refractivity contribution < 1.29 is 13.2 Å². The first-order valence-corrected chi connectivity index (χ1v) is 10.8. The molecule has 1 N–H and O–H groups in total. The van der Waals surface area contributed by atoms with E-state index < -0.39 is 10.0 Å². The molecule has 0 unspecified atom stereocenters. The lowest BCUT2D eigenvalue weighted by atomic mass is 10.1. The summed E-state index contributed by atoms with van der Waals surface area (Å²) in [5.41, 5.74) is 2.55. The third-order valence-electron chi connectivity index (χ3n) is 4.98. The van der Waals surface area contributed by atoms with Gasteiger partial charge in [0, 0.05) is 44.8 Å². The summed E-state index contributed by atoms with van der Waals surface area (Å²) in [6, 6.07) is 6.82. The predicted molar refractivity (Wildman–Crippen MR) is 114 cm³/mol. The number of rotatable bonds is 6. The maximum absolute atomic E-state index is 12.7. The van der Waals surface area contributed by atoms with E-state index in [1.807, 2.05) is 29.8 Å².